The molecule has 1 atom stereocenters. The van der Waals surface area contributed by atoms with Gasteiger partial charge < -0.3 is 9.47 Å². The molecule has 0 unspecified atom stereocenters. The zero-order valence-corrected chi connectivity index (χ0v) is 16.3. The third kappa shape index (κ3) is 5.57. The van der Waals surface area contributed by atoms with E-state index in [2.05, 4.69) is 5.32 Å². The molecule has 0 aliphatic carbocycles. The maximum atomic E-state index is 12.7. The lowest BCUT2D eigenvalue weighted by Gasteiger charge is -2.19. The molecule has 1 aliphatic heterocycles. The Morgan fingerprint density at radius 3 is 2.52 bits per heavy atom. The van der Waals surface area contributed by atoms with Gasteiger partial charge in [-0.3, -0.25) is 10.1 Å². The van der Waals surface area contributed by atoms with Crippen molar-refractivity contribution >= 4 is 23.8 Å². The van der Waals surface area contributed by atoms with Crippen LogP contribution in [-0.2, 0) is 27.1 Å². The number of hydrogen-bond acceptors (Lipinski definition) is 5. The van der Waals surface area contributed by atoms with Crippen molar-refractivity contribution in [2.24, 2.45) is 0 Å². The van der Waals surface area contributed by atoms with Gasteiger partial charge in [-0.2, -0.15) is 0 Å². The molecule has 1 heterocycles. The fraction of sp³-hybridized carbons (Fsp3) is 0.318. The Bertz CT molecular complexity index is 851. The lowest BCUT2D eigenvalue weighted by Crippen LogP contribution is -2.40. The summed E-state index contributed by atoms with van der Waals surface area (Å²) in [6, 6.07) is 16.6. The minimum atomic E-state index is -0.579. The number of cyclic esters (lactones) is 1. The van der Waals surface area contributed by atoms with Crippen LogP contribution >= 0.6 is 0 Å². The van der Waals surface area contributed by atoms with Crippen LogP contribution in [0.2, 0.25) is 0 Å². The average molecular weight is 396 g/mol. The zero-order valence-electron chi connectivity index (χ0n) is 16.3. The van der Waals surface area contributed by atoms with Crippen molar-refractivity contribution in [3.63, 3.8) is 0 Å². The van der Waals surface area contributed by atoms with Crippen molar-refractivity contribution in [3.8, 4) is 0 Å². The molecule has 3 rings (SSSR count). The zero-order chi connectivity index (χ0) is 20.6. The van der Waals surface area contributed by atoms with Gasteiger partial charge in [0, 0.05) is 12.1 Å². The second-order valence-electron chi connectivity index (χ2n) is 6.73. The number of ether oxygens (including phenoxy) is 2. The Hall–Kier alpha value is -3.35. The SMILES string of the molecule is CCOC(=O)Nc1ccc(CCC(=O)N2C(=O)OC[C@H]2Cc2ccccc2)cc1. The first-order chi connectivity index (χ1) is 14.1. The Morgan fingerprint density at radius 2 is 1.83 bits per heavy atom. The van der Waals surface area contributed by atoms with E-state index in [4.69, 9.17) is 9.47 Å². The fourth-order valence-electron chi connectivity index (χ4n) is 3.21. The van der Waals surface area contributed by atoms with E-state index in [0.29, 0.717) is 25.1 Å². The third-order valence-corrected chi connectivity index (χ3v) is 4.65. The van der Waals surface area contributed by atoms with E-state index >= 15 is 0 Å². The quantitative estimate of drug-likeness (QED) is 0.770. The number of amides is 3. The van der Waals surface area contributed by atoms with Crippen LogP contribution in [0.3, 0.4) is 0 Å². The number of nitrogens with zero attached hydrogens (tertiary/aromatic N) is 1. The van der Waals surface area contributed by atoms with Gasteiger partial charge in [0.2, 0.25) is 5.91 Å². The Balaban J connectivity index is 1.55. The Morgan fingerprint density at radius 1 is 1.10 bits per heavy atom. The van der Waals surface area contributed by atoms with Crippen LogP contribution in [0.5, 0.6) is 0 Å². The largest absolute Gasteiger partial charge is 0.450 e. The lowest BCUT2D eigenvalue weighted by atomic mass is 10.0. The van der Waals surface area contributed by atoms with E-state index in [9.17, 15) is 14.4 Å². The predicted molar refractivity (Wildman–Crippen MR) is 108 cm³/mol. The highest BCUT2D eigenvalue weighted by atomic mass is 16.6. The second-order valence-corrected chi connectivity index (χ2v) is 6.73. The van der Waals surface area contributed by atoms with Crippen LogP contribution in [0.1, 0.15) is 24.5 Å². The minimum absolute atomic E-state index is 0.199. The number of imide groups is 1. The molecule has 1 aliphatic rings. The Labute approximate surface area is 169 Å². The van der Waals surface area contributed by atoms with Gasteiger partial charge in [0.05, 0.1) is 12.6 Å². The highest BCUT2D eigenvalue weighted by Crippen LogP contribution is 2.19. The van der Waals surface area contributed by atoms with Gasteiger partial charge in [-0.05, 0) is 43.0 Å². The number of aryl methyl sites for hydroxylation is 1. The smallest absolute Gasteiger partial charge is 0.416 e. The summed E-state index contributed by atoms with van der Waals surface area (Å²) in [4.78, 5) is 37.4. The van der Waals surface area contributed by atoms with Crippen LogP contribution in [0, 0.1) is 0 Å². The standard InChI is InChI=1S/C22H24N2O5/c1-2-28-21(26)23-18-11-8-16(9-12-18)10-13-20(25)24-19(15-29-22(24)27)14-17-6-4-3-5-7-17/h3-9,11-12,19H,2,10,13-15H2,1H3,(H,23,26)/t19-/m1/s1. The van der Waals surface area contributed by atoms with Crippen molar-refractivity contribution < 1.29 is 23.9 Å². The monoisotopic (exact) mass is 396 g/mol. The van der Waals surface area contributed by atoms with Crippen molar-refractivity contribution in [1.29, 1.82) is 0 Å². The molecule has 1 saturated heterocycles. The summed E-state index contributed by atoms with van der Waals surface area (Å²) in [7, 11) is 0. The molecule has 152 valence electrons. The summed E-state index contributed by atoms with van der Waals surface area (Å²) in [5.41, 5.74) is 2.60. The molecule has 0 bridgehead atoms. The van der Waals surface area contributed by atoms with E-state index < -0.39 is 12.2 Å². The number of anilines is 1. The van der Waals surface area contributed by atoms with Gasteiger partial charge in [-0.1, -0.05) is 42.5 Å². The number of carbonyl (C=O) groups is 3. The summed E-state index contributed by atoms with van der Waals surface area (Å²) in [5.74, 6) is -0.248. The number of benzene rings is 2. The molecule has 7 nitrogen and oxygen atoms in total. The molecule has 3 amide bonds. The highest BCUT2D eigenvalue weighted by molar-refractivity contribution is 5.93. The second kappa shape index (κ2) is 9.73. The van der Waals surface area contributed by atoms with Gasteiger partial charge >= 0.3 is 12.2 Å². The molecule has 1 N–H and O–H groups in total. The molecular weight excluding hydrogens is 372 g/mol. The average Bonchev–Trinajstić information content (AvgIpc) is 3.08. The lowest BCUT2D eigenvalue weighted by molar-refractivity contribution is -0.129. The molecule has 7 heteroatoms. The molecule has 2 aromatic rings. The predicted octanol–water partition coefficient (Wildman–Crippen LogP) is 3.78. The molecule has 29 heavy (non-hydrogen) atoms. The Kier molecular flexibility index (Phi) is 6.84. The molecule has 1 fully saturated rings. The first kappa shape index (κ1) is 20.4. The summed E-state index contributed by atoms with van der Waals surface area (Å²) in [5, 5.41) is 2.62. The first-order valence-corrected chi connectivity index (χ1v) is 9.62. The fourth-order valence-corrected chi connectivity index (χ4v) is 3.21. The van der Waals surface area contributed by atoms with Crippen LogP contribution in [0.4, 0.5) is 15.3 Å². The number of rotatable bonds is 7. The highest BCUT2D eigenvalue weighted by Gasteiger charge is 2.37. The molecular formula is C22H24N2O5. The van der Waals surface area contributed by atoms with Gasteiger partial charge in [0.25, 0.3) is 0 Å². The molecule has 0 radical (unpaired) electrons. The molecule has 0 aromatic heterocycles. The van der Waals surface area contributed by atoms with E-state index in [-0.39, 0.29) is 25.0 Å². The van der Waals surface area contributed by atoms with E-state index in [1.165, 1.54) is 4.90 Å². The van der Waals surface area contributed by atoms with E-state index in [1.54, 1.807) is 19.1 Å². The summed E-state index contributed by atoms with van der Waals surface area (Å²) < 4.78 is 9.94. The third-order valence-electron chi connectivity index (χ3n) is 4.65. The number of nitrogens with one attached hydrogen (secondary N) is 1. The topological polar surface area (TPSA) is 84.9 Å². The van der Waals surface area contributed by atoms with Crippen LogP contribution < -0.4 is 5.32 Å². The summed E-state index contributed by atoms with van der Waals surface area (Å²) in [6.07, 6.45) is 0.176. The van der Waals surface area contributed by atoms with Gasteiger partial charge in [0.1, 0.15) is 6.61 Å². The summed E-state index contributed by atoms with van der Waals surface area (Å²) >= 11 is 0. The van der Waals surface area contributed by atoms with Crippen molar-refractivity contribution in [2.45, 2.75) is 32.2 Å². The normalized spacial score (nSPS) is 15.7. The number of carbonyl (C=O) groups excluding carboxylic acids is 3. The molecule has 0 saturated carbocycles. The van der Waals surface area contributed by atoms with E-state index in [1.807, 2.05) is 42.5 Å². The molecule has 2 aromatic carbocycles. The van der Waals surface area contributed by atoms with Crippen molar-refractivity contribution in [3.05, 3.63) is 65.7 Å². The summed E-state index contributed by atoms with van der Waals surface area (Å²) in [6.45, 7) is 2.25. The van der Waals surface area contributed by atoms with Crippen molar-refractivity contribution in [2.75, 3.05) is 18.5 Å². The number of hydrogen-bond donors (Lipinski definition) is 1. The maximum Gasteiger partial charge on any atom is 0.416 e. The molecule has 0 spiro atoms. The minimum Gasteiger partial charge on any atom is -0.450 e. The van der Waals surface area contributed by atoms with Crippen LogP contribution in [0.15, 0.2) is 54.6 Å². The van der Waals surface area contributed by atoms with Crippen LogP contribution in [-0.4, -0.2) is 42.2 Å². The van der Waals surface area contributed by atoms with Gasteiger partial charge in [-0.15, -0.1) is 0 Å². The van der Waals surface area contributed by atoms with Crippen LogP contribution in [0.25, 0.3) is 0 Å². The van der Waals surface area contributed by atoms with E-state index in [0.717, 1.165) is 11.1 Å². The van der Waals surface area contributed by atoms with Gasteiger partial charge in [-0.25, -0.2) is 14.5 Å². The van der Waals surface area contributed by atoms with Crippen molar-refractivity contribution in [1.82, 2.24) is 4.90 Å². The first-order valence-electron chi connectivity index (χ1n) is 9.62. The van der Waals surface area contributed by atoms with Gasteiger partial charge in [0.15, 0.2) is 0 Å². The maximum absolute atomic E-state index is 12.7.